The molecule has 0 radical (unpaired) electrons. The number of rotatable bonds is 0. The van der Waals surface area contributed by atoms with Crippen LogP contribution in [0.3, 0.4) is 0 Å². The standard InChI is InChI=1S/C12H19Br5/c13-10-8-6-4-2-1-3-5-7-9-11(14,15)12(10,16)17/h10H,1-9H2. The molecule has 0 aromatic heterocycles. The minimum atomic E-state index is -0.147. The predicted octanol–water partition coefficient (Wildman–Crippen LogP) is 7.25. The first kappa shape index (κ1) is 17.5. The average molecular weight is 563 g/mol. The first-order valence-corrected chi connectivity index (χ1v) is 10.4. The van der Waals surface area contributed by atoms with E-state index in [1.165, 1.54) is 51.4 Å². The fourth-order valence-electron chi connectivity index (χ4n) is 2.13. The van der Waals surface area contributed by atoms with Gasteiger partial charge in [-0.2, -0.15) is 0 Å². The van der Waals surface area contributed by atoms with E-state index in [0.717, 1.165) is 6.42 Å². The first-order valence-electron chi connectivity index (χ1n) is 6.27. The maximum absolute atomic E-state index is 3.85. The molecular formula is C12H19Br5. The van der Waals surface area contributed by atoms with E-state index in [0.29, 0.717) is 4.83 Å². The molecule has 0 aliphatic heterocycles. The summed E-state index contributed by atoms with van der Waals surface area (Å²) in [4.78, 5) is 0.410. The van der Waals surface area contributed by atoms with Crippen molar-refractivity contribution >= 4 is 79.6 Å². The summed E-state index contributed by atoms with van der Waals surface area (Å²) in [6, 6.07) is 0. The van der Waals surface area contributed by atoms with E-state index >= 15 is 0 Å². The van der Waals surface area contributed by atoms with E-state index < -0.39 is 0 Å². The Morgan fingerprint density at radius 3 is 1.76 bits per heavy atom. The average Bonchev–Trinajstić information content (AvgIpc) is 2.24. The lowest BCUT2D eigenvalue weighted by Crippen LogP contribution is -2.42. The van der Waals surface area contributed by atoms with Gasteiger partial charge in [0.1, 0.15) is 6.47 Å². The van der Waals surface area contributed by atoms with Crippen LogP contribution in [0, 0.1) is 0 Å². The molecule has 1 aliphatic carbocycles. The van der Waals surface area contributed by atoms with E-state index in [9.17, 15) is 0 Å². The van der Waals surface area contributed by atoms with Crippen LogP contribution in [0.5, 0.6) is 0 Å². The highest BCUT2D eigenvalue weighted by Crippen LogP contribution is 2.56. The van der Waals surface area contributed by atoms with Gasteiger partial charge in [0, 0.05) is 4.83 Å². The molecule has 1 rings (SSSR count). The molecule has 1 atom stereocenters. The molecule has 0 aromatic rings. The van der Waals surface area contributed by atoms with Crippen LogP contribution in [0.15, 0.2) is 0 Å². The van der Waals surface area contributed by atoms with Crippen LogP contribution in [-0.4, -0.2) is 11.3 Å². The fourth-order valence-corrected chi connectivity index (χ4v) is 5.43. The van der Waals surface area contributed by atoms with Crippen LogP contribution in [0.1, 0.15) is 57.8 Å². The third kappa shape index (κ3) is 5.35. The van der Waals surface area contributed by atoms with Crippen molar-refractivity contribution in [3.05, 3.63) is 0 Å². The van der Waals surface area contributed by atoms with Gasteiger partial charge in [0.05, 0.1) is 0 Å². The zero-order chi connectivity index (χ0) is 12.9. The van der Waals surface area contributed by atoms with Gasteiger partial charge in [-0.3, -0.25) is 0 Å². The molecule has 0 amide bonds. The van der Waals surface area contributed by atoms with Crippen molar-refractivity contribution < 1.29 is 0 Å². The van der Waals surface area contributed by atoms with Crippen LogP contribution in [0.4, 0.5) is 0 Å². The van der Waals surface area contributed by atoms with Crippen molar-refractivity contribution in [1.82, 2.24) is 0 Å². The summed E-state index contributed by atoms with van der Waals surface area (Å²) in [5.41, 5.74) is 0. The molecule has 0 N–H and O–H groups in total. The second-order valence-corrected chi connectivity index (χ2v) is 13.3. The minimum absolute atomic E-state index is 0.0969. The maximum Gasteiger partial charge on any atom is 0.118 e. The monoisotopic (exact) mass is 558 g/mol. The molecule has 0 aromatic carbocycles. The lowest BCUT2D eigenvalue weighted by Gasteiger charge is -2.38. The lowest BCUT2D eigenvalue weighted by atomic mass is 10.0. The fraction of sp³-hybridized carbons (Fsp3) is 1.00. The highest BCUT2D eigenvalue weighted by Gasteiger charge is 2.48. The second-order valence-electron chi connectivity index (χ2n) is 4.81. The first-order chi connectivity index (χ1) is 7.88. The van der Waals surface area contributed by atoms with Gasteiger partial charge in [0.15, 0.2) is 0 Å². The molecular weight excluding hydrogens is 544 g/mol. The molecule has 102 valence electrons. The maximum atomic E-state index is 3.85. The molecule has 0 heterocycles. The van der Waals surface area contributed by atoms with Crippen LogP contribution < -0.4 is 0 Å². The molecule has 1 fully saturated rings. The topological polar surface area (TPSA) is 0 Å². The number of alkyl halides is 5. The molecule has 1 aliphatic rings. The second kappa shape index (κ2) is 7.99. The highest BCUT2D eigenvalue weighted by molar-refractivity contribution is 9.30. The largest absolute Gasteiger partial charge is 0.118 e. The van der Waals surface area contributed by atoms with Crippen molar-refractivity contribution in [1.29, 1.82) is 0 Å². The Morgan fingerprint density at radius 2 is 1.18 bits per heavy atom. The Labute approximate surface area is 147 Å². The summed E-state index contributed by atoms with van der Waals surface area (Å²) in [5.74, 6) is 0. The van der Waals surface area contributed by atoms with E-state index in [2.05, 4.69) is 79.6 Å². The Kier molecular flexibility index (Phi) is 8.21. The summed E-state index contributed by atoms with van der Waals surface area (Å²) in [7, 11) is 0. The van der Waals surface area contributed by atoms with Crippen molar-refractivity contribution in [2.24, 2.45) is 0 Å². The van der Waals surface area contributed by atoms with Crippen molar-refractivity contribution in [2.75, 3.05) is 0 Å². The Hall–Kier alpha value is 2.40. The third-order valence-corrected chi connectivity index (χ3v) is 12.3. The van der Waals surface area contributed by atoms with Crippen LogP contribution in [0.25, 0.3) is 0 Å². The zero-order valence-corrected chi connectivity index (χ0v) is 17.8. The van der Waals surface area contributed by atoms with Crippen LogP contribution in [0.2, 0.25) is 0 Å². The predicted molar refractivity (Wildman–Crippen MR) is 95.4 cm³/mol. The van der Waals surface area contributed by atoms with Gasteiger partial charge in [0.25, 0.3) is 0 Å². The number of halogens is 5. The molecule has 1 unspecified atom stereocenters. The Balaban J connectivity index is 2.68. The summed E-state index contributed by atoms with van der Waals surface area (Å²) in [5, 5.41) is 0. The number of hydrogen-bond donors (Lipinski definition) is 0. The van der Waals surface area contributed by atoms with Crippen LogP contribution >= 0.6 is 79.6 Å². The SMILES string of the molecule is BrC1CCCCCCCCCC(Br)(Br)C1(Br)Br. The van der Waals surface area contributed by atoms with Gasteiger partial charge >= 0.3 is 0 Å². The van der Waals surface area contributed by atoms with Gasteiger partial charge in [-0.25, -0.2) is 0 Å². The molecule has 1 saturated carbocycles. The number of hydrogen-bond acceptors (Lipinski definition) is 0. The molecule has 0 saturated heterocycles. The summed E-state index contributed by atoms with van der Waals surface area (Å²) < 4.78 is -0.243. The lowest BCUT2D eigenvalue weighted by molar-refractivity contribution is 0.511. The van der Waals surface area contributed by atoms with E-state index in [-0.39, 0.29) is 6.47 Å². The van der Waals surface area contributed by atoms with Gasteiger partial charge < -0.3 is 0 Å². The summed E-state index contributed by atoms with van der Waals surface area (Å²) in [6.07, 6.45) is 11.7. The third-order valence-electron chi connectivity index (χ3n) is 3.33. The minimum Gasteiger partial charge on any atom is -0.0865 e. The molecule has 0 spiro atoms. The van der Waals surface area contributed by atoms with Crippen LogP contribution in [-0.2, 0) is 0 Å². The Bertz CT molecular complexity index is 227. The molecule has 0 bridgehead atoms. The molecule has 17 heavy (non-hydrogen) atoms. The molecule has 5 heteroatoms. The highest BCUT2D eigenvalue weighted by atomic mass is 79.9. The van der Waals surface area contributed by atoms with Gasteiger partial charge in [0.2, 0.25) is 0 Å². The summed E-state index contributed by atoms with van der Waals surface area (Å²) >= 11 is 19.2. The quantitative estimate of drug-likeness (QED) is 0.273. The zero-order valence-electron chi connectivity index (χ0n) is 9.83. The normalized spacial score (nSPS) is 31.2. The Morgan fingerprint density at radius 1 is 0.706 bits per heavy atom. The van der Waals surface area contributed by atoms with Crippen molar-refractivity contribution in [2.45, 2.75) is 69.1 Å². The van der Waals surface area contributed by atoms with Crippen molar-refractivity contribution in [3.63, 3.8) is 0 Å². The van der Waals surface area contributed by atoms with Gasteiger partial charge in [-0.15, -0.1) is 0 Å². The van der Waals surface area contributed by atoms with E-state index in [4.69, 9.17) is 0 Å². The van der Waals surface area contributed by atoms with E-state index in [1.54, 1.807) is 0 Å². The summed E-state index contributed by atoms with van der Waals surface area (Å²) in [6.45, 7) is 0. The van der Waals surface area contributed by atoms with Crippen molar-refractivity contribution in [3.8, 4) is 0 Å². The smallest absolute Gasteiger partial charge is 0.0865 e. The van der Waals surface area contributed by atoms with Gasteiger partial charge in [-0.1, -0.05) is 125 Å². The van der Waals surface area contributed by atoms with E-state index in [1.807, 2.05) is 0 Å². The van der Waals surface area contributed by atoms with Gasteiger partial charge in [-0.05, 0) is 12.8 Å². The molecule has 0 nitrogen and oxygen atoms in total.